The Kier molecular flexibility index (Phi) is 6.71. The maximum Gasteiger partial charge on any atom is 0.244 e. The summed E-state index contributed by atoms with van der Waals surface area (Å²) in [5.41, 5.74) is 0.475. The number of rotatable bonds is 8. The monoisotopic (exact) mass is 401 g/mol. The maximum absolute atomic E-state index is 12.5. The van der Waals surface area contributed by atoms with Crippen LogP contribution in [0.4, 0.5) is 0 Å². The minimum atomic E-state index is -3.93. The normalized spacial score (nSPS) is 12.5. The van der Waals surface area contributed by atoms with E-state index < -0.39 is 16.1 Å². The van der Waals surface area contributed by atoms with Gasteiger partial charge in [0, 0.05) is 11.6 Å². The third kappa shape index (κ3) is 4.59. The van der Waals surface area contributed by atoms with E-state index in [1.54, 1.807) is 18.2 Å². The first-order chi connectivity index (χ1) is 12.3. The smallest absolute Gasteiger partial charge is 0.244 e. The highest BCUT2D eigenvalue weighted by Crippen LogP contribution is 2.30. The number of aliphatic hydroxyl groups is 1. The van der Waals surface area contributed by atoms with Crippen molar-refractivity contribution >= 4 is 21.6 Å². The minimum Gasteiger partial charge on any atom is -0.495 e. The van der Waals surface area contributed by atoms with Gasteiger partial charge in [0.15, 0.2) is 11.5 Å². The van der Waals surface area contributed by atoms with Crippen molar-refractivity contribution in [3.8, 4) is 17.2 Å². The number of ether oxygens (including phenoxy) is 3. The first-order valence-corrected chi connectivity index (χ1v) is 9.41. The molecular formula is C17H20ClNO6S. The van der Waals surface area contributed by atoms with Crippen molar-refractivity contribution in [2.75, 3.05) is 27.9 Å². The molecule has 0 bridgehead atoms. The van der Waals surface area contributed by atoms with Crippen LogP contribution in [0.5, 0.6) is 17.2 Å². The summed E-state index contributed by atoms with van der Waals surface area (Å²) >= 11 is 5.88. The molecular weight excluding hydrogens is 382 g/mol. The van der Waals surface area contributed by atoms with Gasteiger partial charge in [-0.2, -0.15) is 0 Å². The minimum absolute atomic E-state index is 0.105. The van der Waals surface area contributed by atoms with Gasteiger partial charge < -0.3 is 19.3 Å². The summed E-state index contributed by atoms with van der Waals surface area (Å²) in [4.78, 5) is -0.105. The Morgan fingerprint density at radius 3 is 2.23 bits per heavy atom. The third-order valence-electron chi connectivity index (χ3n) is 3.67. The summed E-state index contributed by atoms with van der Waals surface area (Å²) in [6, 6.07) is 9.11. The summed E-state index contributed by atoms with van der Waals surface area (Å²) in [6.45, 7) is -0.243. The Hall–Kier alpha value is -2.00. The predicted octanol–water partition coefficient (Wildman–Crippen LogP) is 2.38. The highest BCUT2D eigenvalue weighted by Gasteiger charge is 2.22. The maximum atomic E-state index is 12.5. The zero-order chi connectivity index (χ0) is 19.3. The lowest BCUT2D eigenvalue weighted by Gasteiger charge is -2.16. The molecule has 0 spiro atoms. The molecule has 2 aromatic rings. The Morgan fingerprint density at radius 1 is 1.00 bits per heavy atom. The van der Waals surface area contributed by atoms with Gasteiger partial charge in [-0.05, 0) is 35.9 Å². The fraction of sp³-hybridized carbons (Fsp3) is 0.294. The average Bonchev–Trinajstić information content (AvgIpc) is 2.65. The second kappa shape index (κ2) is 8.59. The van der Waals surface area contributed by atoms with Crippen molar-refractivity contribution in [1.82, 2.24) is 4.72 Å². The first kappa shape index (κ1) is 20.3. The standard InChI is InChI=1S/C17H20ClNO6S/c1-23-14-6-4-11(8-16(14)25-3)13(20)10-19-26(21,22)17-9-12(18)5-7-15(17)24-2/h4-9,13,19-20H,10H2,1-3H3/t13-/m1/s1. The van der Waals surface area contributed by atoms with E-state index in [0.29, 0.717) is 17.1 Å². The van der Waals surface area contributed by atoms with Crippen LogP contribution < -0.4 is 18.9 Å². The second-order valence-electron chi connectivity index (χ2n) is 5.28. The van der Waals surface area contributed by atoms with Crippen molar-refractivity contribution in [2.24, 2.45) is 0 Å². The number of aliphatic hydroxyl groups excluding tert-OH is 1. The molecule has 142 valence electrons. The number of hydrogen-bond donors (Lipinski definition) is 2. The number of hydrogen-bond acceptors (Lipinski definition) is 6. The number of nitrogens with one attached hydrogen (secondary N) is 1. The Morgan fingerprint density at radius 2 is 1.62 bits per heavy atom. The highest BCUT2D eigenvalue weighted by atomic mass is 35.5. The fourth-order valence-corrected chi connectivity index (χ4v) is 3.77. The summed E-state index contributed by atoms with van der Waals surface area (Å²) in [5.74, 6) is 1.10. The molecule has 0 saturated heterocycles. The van der Waals surface area contributed by atoms with Crippen LogP contribution in [0.2, 0.25) is 5.02 Å². The molecule has 0 aromatic heterocycles. The molecule has 9 heteroatoms. The molecule has 0 unspecified atom stereocenters. The molecule has 0 saturated carbocycles. The van der Waals surface area contributed by atoms with Gasteiger partial charge in [0.25, 0.3) is 0 Å². The lowest BCUT2D eigenvalue weighted by molar-refractivity contribution is 0.181. The van der Waals surface area contributed by atoms with E-state index >= 15 is 0 Å². The molecule has 0 aliphatic carbocycles. The first-order valence-electron chi connectivity index (χ1n) is 7.55. The molecule has 0 amide bonds. The van der Waals surface area contributed by atoms with Crippen LogP contribution in [0.15, 0.2) is 41.3 Å². The summed E-state index contributed by atoms with van der Waals surface area (Å²) in [5, 5.41) is 10.6. The number of sulfonamides is 1. The van der Waals surface area contributed by atoms with Gasteiger partial charge in [0.05, 0.1) is 27.4 Å². The Balaban J connectivity index is 2.18. The van der Waals surface area contributed by atoms with Gasteiger partial charge in [-0.25, -0.2) is 13.1 Å². The lowest BCUT2D eigenvalue weighted by atomic mass is 10.1. The third-order valence-corrected chi connectivity index (χ3v) is 5.35. The van der Waals surface area contributed by atoms with E-state index in [4.69, 9.17) is 25.8 Å². The van der Waals surface area contributed by atoms with E-state index in [0.717, 1.165) is 0 Å². The average molecular weight is 402 g/mol. The Bertz CT molecular complexity index is 872. The zero-order valence-corrected chi connectivity index (χ0v) is 16.1. The van der Waals surface area contributed by atoms with Crippen LogP contribution in [-0.4, -0.2) is 41.4 Å². The molecule has 0 heterocycles. The molecule has 0 radical (unpaired) electrons. The number of methoxy groups -OCH3 is 3. The zero-order valence-electron chi connectivity index (χ0n) is 14.5. The van der Waals surface area contributed by atoms with Crippen LogP contribution in [-0.2, 0) is 10.0 Å². The summed E-state index contributed by atoms with van der Waals surface area (Å²) in [6.07, 6.45) is -1.09. The molecule has 0 fully saturated rings. The van der Waals surface area contributed by atoms with Crippen LogP contribution in [0, 0.1) is 0 Å². The molecule has 7 nitrogen and oxygen atoms in total. The quantitative estimate of drug-likeness (QED) is 0.705. The van der Waals surface area contributed by atoms with Crippen molar-refractivity contribution in [1.29, 1.82) is 0 Å². The molecule has 2 aromatic carbocycles. The van der Waals surface area contributed by atoms with Crippen LogP contribution in [0.3, 0.4) is 0 Å². The summed E-state index contributed by atoms with van der Waals surface area (Å²) < 4.78 is 42.8. The summed E-state index contributed by atoms with van der Waals surface area (Å²) in [7, 11) is 0.404. The molecule has 0 aliphatic heterocycles. The van der Waals surface area contributed by atoms with E-state index in [9.17, 15) is 13.5 Å². The molecule has 2 rings (SSSR count). The van der Waals surface area contributed by atoms with Gasteiger partial charge in [0.2, 0.25) is 10.0 Å². The topological polar surface area (TPSA) is 94.1 Å². The van der Waals surface area contributed by atoms with Crippen molar-refractivity contribution in [3.05, 3.63) is 47.0 Å². The van der Waals surface area contributed by atoms with Gasteiger partial charge in [0.1, 0.15) is 10.6 Å². The Labute approximate surface area is 157 Å². The molecule has 2 N–H and O–H groups in total. The largest absolute Gasteiger partial charge is 0.495 e. The number of benzene rings is 2. The van der Waals surface area contributed by atoms with Gasteiger partial charge >= 0.3 is 0 Å². The van der Waals surface area contributed by atoms with Gasteiger partial charge in [-0.1, -0.05) is 17.7 Å². The van der Waals surface area contributed by atoms with E-state index in [1.807, 2.05) is 0 Å². The van der Waals surface area contributed by atoms with Gasteiger partial charge in [-0.15, -0.1) is 0 Å². The van der Waals surface area contributed by atoms with Crippen molar-refractivity contribution in [2.45, 2.75) is 11.0 Å². The highest BCUT2D eigenvalue weighted by molar-refractivity contribution is 7.89. The van der Waals surface area contributed by atoms with Crippen LogP contribution in [0.25, 0.3) is 0 Å². The van der Waals surface area contributed by atoms with Crippen LogP contribution in [0.1, 0.15) is 11.7 Å². The van der Waals surface area contributed by atoms with E-state index in [-0.39, 0.29) is 22.2 Å². The fourth-order valence-electron chi connectivity index (χ4n) is 2.30. The predicted molar refractivity (Wildman–Crippen MR) is 97.7 cm³/mol. The number of halogens is 1. The lowest BCUT2D eigenvalue weighted by Crippen LogP contribution is -2.29. The molecule has 1 atom stereocenters. The van der Waals surface area contributed by atoms with Crippen molar-refractivity contribution in [3.63, 3.8) is 0 Å². The molecule has 26 heavy (non-hydrogen) atoms. The van der Waals surface area contributed by atoms with E-state index in [1.165, 1.54) is 39.5 Å². The second-order valence-corrected chi connectivity index (χ2v) is 7.45. The van der Waals surface area contributed by atoms with Gasteiger partial charge in [-0.3, -0.25) is 0 Å². The van der Waals surface area contributed by atoms with E-state index in [2.05, 4.69) is 4.72 Å². The van der Waals surface area contributed by atoms with Crippen LogP contribution >= 0.6 is 11.6 Å². The SMILES string of the molecule is COc1ccc([C@H](O)CNS(=O)(=O)c2cc(Cl)ccc2OC)cc1OC. The van der Waals surface area contributed by atoms with Crippen molar-refractivity contribution < 1.29 is 27.7 Å². The molecule has 0 aliphatic rings.